The van der Waals surface area contributed by atoms with Crippen LogP contribution in [0.2, 0.25) is 5.15 Å². The van der Waals surface area contributed by atoms with Gasteiger partial charge in [0.2, 0.25) is 0 Å². The maximum Gasteiger partial charge on any atom is 0.410 e. The minimum atomic E-state index is -0.449. The van der Waals surface area contributed by atoms with Crippen LogP contribution in [-0.4, -0.2) is 46.4 Å². The maximum atomic E-state index is 12.1. The van der Waals surface area contributed by atoms with E-state index in [4.69, 9.17) is 16.3 Å². The van der Waals surface area contributed by atoms with Gasteiger partial charge in [-0.2, -0.15) is 5.10 Å². The second kappa shape index (κ2) is 7.93. The molecule has 2 heterocycles. The van der Waals surface area contributed by atoms with Crippen LogP contribution in [0.4, 0.5) is 4.79 Å². The van der Waals surface area contributed by atoms with E-state index in [1.54, 1.807) is 6.07 Å². The summed E-state index contributed by atoms with van der Waals surface area (Å²) >= 11 is 5.72. The van der Waals surface area contributed by atoms with E-state index in [-0.39, 0.29) is 6.09 Å². The predicted molar refractivity (Wildman–Crippen MR) is 89.3 cm³/mol. The van der Waals surface area contributed by atoms with Crippen molar-refractivity contribution in [3.8, 4) is 0 Å². The van der Waals surface area contributed by atoms with Crippen molar-refractivity contribution in [1.82, 2.24) is 20.4 Å². The number of rotatable bonds is 4. The third-order valence-corrected chi connectivity index (χ3v) is 3.80. The number of amides is 1. The Morgan fingerprint density at radius 3 is 2.87 bits per heavy atom. The number of nitrogens with one attached hydrogen (secondary N) is 1. The summed E-state index contributed by atoms with van der Waals surface area (Å²) in [6.45, 7) is 8.65. The first-order chi connectivity index (χ1) is 10.8. The molecule has 1 fully saturated rings. The van der Waals surface area contributed by atoms with Gasteiger partial charge >= 0.3 is 6.09 Å². The second-order valence-electron chi connectivity index (χ2n) is 6.91. The third-order valence-electron chi connectivity index (χ3n) is 3.60. The summed E-state index contributed by atoms with van der Waals surface area (Å²) in [5.74, 6) is 0.427. The molecule has 1 N–H and O–H groups in total. The number of carbonyl (C=O) groups excluding carboxylic acids is 1. The molecule has 128 valence electrons. The number of piperidine rings is 1. The first kappa shape index (κ1) is 17.9. The first-order valence-corrected chi connectivity index (χ1v) is 8.38. The van der Waals surface area contributed by atoms with Crippen LogP contribution < -0.4 is 5.32 Å². The van der Waals surface area contributed by atoms with Crippen molar-refractivity contribution in [3.63, 3.8) is 0 Å². The standard InChI is InChI=1S/C16H25ClN4O2/c1-16(2,3)23-15(22)21-8-4-5-12(11-21)9-18-10-13-6-7-14(17)20-19-13/h6-7,12,18H,4-5,8-11H2,1-3H3. The van der Waals surface area contributed by atoms with E-state index in [9.17, 15) is 4.79 Å². The zero-order valence-corrected chi connectivity index (χ0v) is 14.8. The Morgan fingerprint density at radius 1 is 1.43 bits per heavy atom. The Labute approximate surface area is 142 Å². The fourth-order valence-corrected chi connectivity index (χ4v) is 2.67. The molecule has 23 heavy (non-hydrogen) atoms. The molecule has 0 aliphatic carbocycles. The largest absolute Gasteiger partial charge is 0.444 e. The topological polar surface area (TPSA) is 67.3 Å². The van der Waals surface area contributed by atoms with Crippen molar-refractivity contribution in [2.45, 2.75) is 45.8 Å². The molecule has 1 aliphatic heterocycles. The highest BCUT2D eigenvalue weighted by Gasteiger charge is 2.27. The summed E-state index contributed by atoms with van der Waals surface area (Å²) < 4.78 is 5.45. The van der Waals surface area contributed by atoms with Crippen molar-refractivity contribution in [1.29, 1.82) is 0 Å². The molecule has 0 aromatic carbocycles. The van der Waals surface area contributed by atoms with E-state index in [1.807, 2.05) is 31.7 Å². The van der Waals surface area contributed by atoms with Gasteiger partial charge in [0.25, 0.3) is 0 Å². The van der Waals surface area contributed by atoms with Crippen molar-refractivity contribution >= 4 is 17.7 Å². The number of carbonyl (C=O) groups is 1. The number of halogens is 1. The molecular formula is C16H25ClN4O2. The van der Waals surface area contributed by atoms with E-state index in [1.165, 1.54) is 0 Å². The molecule has 0 bridgehead atoms. The fraction of sp³-hybridized carbons (Fsp3) is 0.688. The molecule has 6 nitrogen and oxygen atoms in total. The minimum absolute atomic E-state index is 0.217. The van der Waals surface area contributed by atoms with Gasteiger partial charge in [-0.05, 0) is 51.7 Å². The summed E-state index contributed by atoms with van der Waals surface area (Å²) in [6, 6.07) is 3.59. The van der Waals surface area contributed by atoms with Crippen molar-refractivity contribution in [2.24, 2.45) is 5.92 Å². The average molecular weight is 341 g/mol. The van der Waals surface area contributed by atoms with Crippen LogP contribution in [0.25, 0.3) is 0 Å². The molecular weight excluding hydrogens is 316 g/mol. The van der Waals surface area contributed by atoms with E-state index < -0.39 is 5.60 Å². The normalized spacial score (nSPS) is 18.8. The molecule has 0 radical (unpaired) electrons. The second-order valence-corrected chi connectivity index (χ2v) is 7.30. The van der Waals surface area contributed by atoms with Crippen molar-refractivity contribution < 1.29 is 9.53 Å². The highest BCUT2D eigenvalue weighted by molar-refractivity contribution is 6.29. The SMILES string of the molecule is CC(C)(C)OC(=O)N1CCCC(CNCc2ccc(Cl)nn2)C1. The van der Waals surface area contributed by atoms with Crippen LogP contribution in [0, 0.1) is 5.92 Å². The average Bonchev–Trinajstić information content (AvgIpc) is 2.48. The van der Waals surface area contributed by atoms with Gasteiger partial charge in [0.15, 0.2) is 5.15 Å². The van der Waals surface area contributed by atoms with Gasteiger partial charge in [-0.15, -0.1) is 5.10 Å². The van der Waals surface area contributed by atoms with Crippen LogP contribution >= 0.6 is 11.6 Å². The molecule has 0 saturated carbocycles. The van der Waals surface area contributed by atoms with Gasteiger partial charge in [0.05, 0.1) is 5.69 Å². The van der Waals surface area contributed by atoms with Gasteiger partial charge in [0.1, 0.15) is 5.60 Å². The quantitative estimate of drug-likeness (QED) is 0.912. The van der Waals surface area contributed by atoms with Crippen LogP contribution in [0.5, 0.6) is 0 Å². The van der Waals surface area contributed by atoms with Crippen molar-refractivity contribution in [3.05, 3.63) is 23.0 Å². The first-order valence-electron chi connectivity index (χ1n) is 8.00. The van der Waals surface area contributed by atoms with Crippen LogP contribution in [0.15, 0.2) is 12.1 Å². The molecule has 1 amide bonds. The number of hydrogen-bond acceptors (Lipinski definition) is 5. The highest BCUT2D eigenvalue weighted by Crippen LogP contribution is 2.19. The summed E-state index contributed by atoms with van der Waals surface area (Å²) in [7, 11) is 0. The maximum absolute atomic E-state index is 12.1. The third kappa shape index (κ3) is 6.31. The lowest BCUT2D eigenvalue weighted by molar-refractivity contribution is 0.0166. The molecule has 1 aliphatic rings. The summed E-state index contributed by atoms with van der Waals surface area (Å²) in [6.07, 6.45) is 1.90. The Hall–Kier alpha value is -1.40. The number of nitrogens with zero attached hydrogens (tertiary/aromatic N) is 3. The van der Waals surface area contributed by atoms with Crippen LogP contribution in [-0.2, 0) is 11.3 Å². The lowest BCUT2D eigenvalue weighted by Gasteiger charge is -2.34. The van der Waals surface area contributed by atoms with Crippen molar-refractivity contribution in [2.75, 3.05) is 19.6 Å². The van der Waals surface area contributed by atoms with Gasteiger partial charge < -0.3 is 15.0 Å². The Balaban J connectivity index is 1.75. The molecule has 1 aromatic heterocycles. The van der Waals surface area contributed by atoms with E-state index in [2.05, 4.69) is 15.5 Å². The Bertz CT molecular complexity index is 516. The zero-order chi connectivity index (χ0) is 16.9. The fourth-order valence-electron chi connectivity index (χ4n) is 2.57. The molecule has 1 saturated heterocycles. The van der Waals surface area contributed by atoms with Crippen LogP contribution in [0.1, 0.15) is 39.3 Å². The number of aromatic nitrogens is 2. The Morgan fingerprint density at radius 2 is 2.22 bits per heavy atom. The predicted octanol–water partition coefficient (Wildman–Crippen LogP) is 2.87. The highest BCUT2D eigenvalue weighted by atomic mass is 35.5. The van der Waals surface area contributed by atoms with Gasteiger partial charge in [-0.1, -0.05) is 11.6 Å². The molecule has 1 unspecified atom stereocenters. The van der Waals surface area contributed by atoms with E-state index in [0.29, 0.717) is 17.6 Å². The molecule has 7 heteroatoms. The molecule has 1 atom stereocenters. The Kier molecular flexibility index (Phi) is 6.18. The van der Waals surface area contributed by atoms with Gasteiger partial charge in [-0.3, -0.25) is 0 Å². The molecule has 1 aromatic rings. The van der Waals surface area contributed by atoms with Gasteiger partial charge in [0, 0.05) is 26.2 Å². The summed E-state index contributed by atoms with van der Waals surface area (Å²) in [5.41, 5.74) is 0.407. The zero-order valence-electron chi connectivity index (χ0n) is 14.0. The minimum Gasteiger partial charge on any atom is -0.444 e. The molecule has 0 spiro atoms. The van der Waals surface area contributed by atoms with E-state index >= 15 is 0 Å². The number of likely N-dealkylation sites (tertiary alicyclic amines) is 1. The van der Waals surface area contributed by atoms with E-state index in [0.717, 1.165) is 38.2 Å². The summed E-state index contributed by atoms with van der Waals surface area (Å²) in [5, 5.41) is 11.6. The lowest BCUT2D eigenvalue weighted by Crippen LogP contribution is -2.45. The van der Waals surface area contributed by atoms with Crippen LogP contribution in [0.3, 0.4) is 0 Å². The lowest BCUT2D eigenvalue weighted by atomic mass is 9.98. The smallest absolute Gasteiger partial charge is 0.410 e. The molecule has 2 rings (SSSR count). The number of hydrogen-bond donors (Lipinski definition) is 1. The number of ether oxygens (including phenoxy) is 1. The van der Waals surface area contributed by atoms with Gasteiger partial charge in [-0.25, -0.2) is 4.79 Å². The monoisotopic (exact) mass is 340 g/mol. The summed E-state index contributed by atoms with van der Waals surface area (Å²) in [4.78, 5) is 13.9.